The van der Waals surface area contributed by atoms with Gasteiger partial charge in [0.25, 0.3) is 10.0 Å². The van der Waals surface area contributed by atoms with Crippen LogP contribution in [0.15, 0.2) is 29.7 Å². The first-order chi connectivity index (χ1) is 14.2. The van der Waals surface area contributed by atoms with Crippen molar-refractivity contribution in [1.82, 2.24) is 13.9 Å². The molecule has 1 aromatic carbocycles. The zero-order valence-electron chi connectivity index (χ0n) is 17.1. The van der Waals surface area contributed by atoms with Crippen LogP contribution in [0.1, 0.15) is 19.8 Å². The van der Waals surface area contributed by atoms with Crippen LogP contribution in [0.25, 0.3) is 0 Å². The van der Waals surface area contributed by atoms with E-state index in [2.05, 4.69) is 17.2 Å². The number of halogens is 1. The number of anilines is 1. The van der Waals surface area contributed by atoms with Gasteiger partial charge in [0, 0.05) is 31.4 Å². The van der Waals surface area contributed by atoms with Crippen molar-refractivity contribution in [3.63, 3.8) is 0 Å². The summed E-state index contributed by atoms with van der Waals surface area (Å²) < 4.78 is 38.8. The molecule has 0 spiro atoms. The topological polar surface area (TPSA) is 103 Å². The number of benzene rings is 1. The van der Waals surface area contributed by atoms with Gasteiger partial charge < -0.3 is 19.4 Å². The van der Waals surface area contributed by atoms with E-state index in [1.165, 1.54) is 35.6 Å². The highest BCUT2D eigenvalue weighted by Crippen LogP contribution is 2.36. The number of nitrogens with one attached hydrogen (secondary N) is 1. The zero-order chi connectivity index (χ0) is 21.9. The minimum Gasteiger partial charge on any atom is -0.497 e. The maximum Gasteiger partial charge on any atom is 0.262 e. The number of hydrogen-bond donors (Lipinski definition) is 1. The fourth-order valence-corrected chi connectivity index (χ4v) is 4.87. The van der Waals surface area contributed by atoms with E-state index in [0.717, 1.165) is 12.8 Å². The third-order valence-electron chi connectivity index (χ3n) is 5.03. The molecule has 2 aromatic rings. The number of ether oxygens (including phenoxy) is 2. The number of aromatic nitrogens is 2. The molecule has 9 nitrogen and oxygen atoms in total. The summed E-state index contributed by atoms with van der Waals surface area (Å²) in [5.41, 5.74) is 0.306. The monoisotopic (exact) mass is 456 g/mol. The summed E-state index contributed by atoms with van der Waals surface area (Å²) in [6, 6.07) is 3.16. The van der Waals surface area contributed by atoms with Crippen molar-refractivity contribution >= 4 is 33.2 Å². The molecule has 164 valence electrons. The molecule has 0 bridgehead atoms. The quantitative estimate of drug-likeness (QED) is 0.687. The number of sulfonamides is 1. The maximum absolute atomic E-state index is 12.8. The molecule has 30 heavy (non-hydrogen) atoms. The molecule has 2 heterocycles. The predicted octanol–water partition coefficient (Wildman–Crippen LogP) is 2.61. The van der Waals surface area contributed by atoms with E-state index in [4.69, 9.17) is 21.1 Å². The van der Waals surface area contributed by atoms with Crippen molar-refractivity contribution in [3.05, 3.63) is 29.7 Å². The van der Waals surface area contributed by atoms with Crippen molar-refractivity contribution in [2.45, 2.75) is 31.3 Å². The Balaban J connectivity index is 1.70. The fraction of sp³-hybridized carbons (Fsp3) is 0.474. The second-order valence-electron chi connectivity index (χ2n) is 7.21. The molecule has 1 amide bonds. The summed E-state index contributed by atoms with van der Waals surface area (Å²) in [6.45, 7) is 2.94. The normalized spacial score (nSPS) is 15.7. The summed E-state index contributed by atoms with van der Waals surface area (Å²) in [6.07, 6.45) is 4.34. The first-order valence-corrected chi connectivity index (χ1v) is 11.3. The molecule has 1 N–H and O–H groups in total. The number of methoxy groups -OCH3 is 2. The fourth-order valence-electron chi connectivity index (χ4n) is 3.22. The lowest BCUT2D eigenvalue weighted by Crippen LogP contribution is -2.38. The van der Waals surface area contributed by atoms with Crippen molar-refractivity contribution in [1.29, 1.82) is 0 Å². The van der Waals surface area contributed by atoms with Gasteiger partial charge in [0.1, 0.15) is 23.7 Å². The van der Waals surface area contributed by atoms with Crippen LogP contribution in [0.5, 0.6) is 11.5 Å². The number of nitrogens with zero attached hydrogens (tertiary/aromatic N) is 3. The standard InChI is InChI=1S/C19H25ClN4O5S/c1-13-4-6-24(7-5-13)30(26,27)18-11-23(12-21-18)10-17(25)22-19-15(20)8-14(28-2)9-16(19)29-3/h8-9,11-13H,4-7,10H2,1-3H3,(H,22,25). The van der Waals surface area contributed by atoms with E-state index in [9.17, 15) is 13.2 Å². The molecule has 1 saturated heterocycles. The minimum atomic E-state index is -3.67. The van der Waals surface area contributed by atoms with Crippen molar-refractivity contribution in [2.75, 3.05) is 32.6 Å². The average molecular weight is 457 g/mol. The van der Waals surface area contributed by atoms with Crippen LogP contribution in [0.2, 0.25) is 5.02 Å². The summed E-state index contributed by atoms with van der Waals surface area (Å²) in [5, 5.41) is 2.88. The third kappa shape index (κ3) is 4.88. The highest BCUT2D eigenvalue weighted by molar-refractivity contribution is 7.89. The predicted molar refractivity (Wildman–Crippen MR) is 113 cm³/mol. The lowest BCUT2D eigenvalue weighted by atomic mass is 10.0. The smallest absolute Gasteiger partial charge is 0.262 e. The highest BCUT2D eigenvalue weighted by Gasteiger charge is 2.30. The van der Waals surface area contributed by atoms with Crippen LogP contribution in [0, 0.1) is 5.92 Å². The Morgan fingerprint density at radius 1 is 1.27 bits per heavy atom. The van der Waals surface area contributed by atoms with Gasteiger partial charge in [0.05, 0.1) is 25.6 Å². The van der Waals surface area contributed by atoms with Crippen molar-refractivity contribution in [3.8, 4) is 11.5 Å². The number of hydrogen-bond acceptors (Lipinski definition) is 6. The van der Waals surface area contributed by atoms with E-state index >= 15 is 0 Å². The van der Waals surface area contributed by atoms with E-state index in [-0.39, 0.29) is 16.6 Å². The van der Waals surface area contributed by atoms with Crippen LogP contribution in [-0.2, 0) is 21.4 Å². The molecule has 0 atom stereocenters. The minimum absolute atomic E-state index is 0.0649. The van der Waals surface area contributed by atoms with Gasteiger partial charge in [-0.15, -0.1) is 0 Å². The number of piperidine rings is 1. The summed E-state index contributed by atoms with van der Waals surface area (Å²) >= 11 is 6.22. The van der Waals surface area contributed by atoms with Crippen LogP contribution in [0.4, 0.5) is 5.69 Å². The van der Waals surface area contributed by atoms with Gasteiger partial charge in [-0.3, -0.25) is 4.79 Å². The molecule has 1 aliphatic heterocycles. The van der Waals surface area contributed by atoms with E-state index in [1.807, 2.05) is 0 Å². The van der Waals surface area contributed by atoms with Gasteiger partial charge in [-0.1, -0.05) is 18.5 Å². The molecule has 1 aliphatic rings. The van der Waals surface area contributed by atoms with E-state index < -0.39 is 15.9 Å². The summed E-state index contributed by atoms with van der Waals surface area (Å²) in [5.74, 6) is 0.945. The second kappa shape index (κ2) is 9.23. The van der Waals surface area contributed by atoms with Gasteiger partial charge in [0.15, 0.2) is 5.03 Å². The zero-order valence-corrected chi connectivity index (χ0v) is 18.7. The maximum atomic E-state index is 12.8. The molecule has 0 radical (unpaired) electrons. The second-order valence-corrected chi connectivity index (χ2v) is 9.50. The van der Waals surface area contributed by atoms with E-state index in [0.29, 0.717) is 36.2 Å². The molecule has 0 saturated carbocycles. The van der Waals surface area contributed by atoms with Gasteiger partial charge in [0.2, 0.25) is 5.91 Å². The van der Waals surface area contributed by atoms with Crippen LogP contribution in [0.3, 0.4) is 0 Å². The highest BCUT2D eigenvalue weighted by atomic mass is 35.5. The Kier molecular flexibility index (Phi) is 6.89. The first kappa shape index (κ1) is 22.4. The number of carbonyl (C=O) groups is 1. The number of carbonyl (C=O) groups excluding carboxylic acids is 1. The first-order valence-electron chi connectivity index (χ1n) is 9.48. The molecule has 11 heteroatoms. The molecule has 1 fully saturated rings. The van der Waals surface area contributed by atoms with Crippen LogP contribution >= 0.6 is 11.6 Å². The Morgan fingerprint density at radius 2 is 1.97 bits per heavy atom. The molecular weight excluding hydrogens is 432 g/mol. The van der Waals surface area contributed by atoms with Gasteiger partial charge in [-0.2, -0.15) is 4.31 Å². The van der Waals surface area contributed by atoms with E-state index in [1.54, 1.807) is 12.1 Å². The summed E-state index contributed by atoms with van der Waals surface area (Å²) in [7, 11) is -0.718. The number of imidazole rings is 1. The Hall–Kier alpha value is -2.30. The molecule has 1 aromatic heterocycles. The molecule has 3 rings (SSSR count). The molecular formula is C19H25ClN4O5S. The lowest BCUT2D eigenvalue weighted by Gasteiger charge is -2.28. The average Bonchev–Trinajstić information content (AvgIpc) is 3.18. The van der Waals surface area contributed by atoms with Crippen LogP contribution in [-0.4, -0.2) is 55.5 Å². The summed E-state index contributed by atoms with van der Waals surface area (Å²) in [4.78, 5) is 16.5. The number of amides is 1. The van der Waals surface area contributed by atoms with Crippen molar-refractivity contribution < 1.29 is 22.7 Å². The molecule has 0 aliphatic carbocycles. The molecule has 0 unspecified atom stereocenters. The third-order valence-corrected chi connectivity index (χ3v) is 7.11. The van der Waals surface area contributed by atoms with Gasteiger partial charge in [-0.05, 0) is 18.8 Å². The Labute approximate surface area is 181 Å². The Morgan fingerprint density at radius 3 is 2.60 bits per heavy atom. The van der Waals surface area contributed by atoms with Gasteiger partial charge in [-0.25, -0.2) is 13.4 Å². The number of rotatable bonds is 7. The SMILES string of the molecule is COc1cc(Cl)c(NC(=O)Cn2cnc(S(=O)(=O)N3CCC(C)CC3)c2)c(OC)c1. The van der Waals surface area contributed by atoms with Crippen molar-refractivity contribution in [2.24, 2.45) is 5.92 Å². The largest absolute Gasteiger partial charge is 0.497 e. The Bertz CT molecular complexity index is 1020. The van der Waals surface area contributed by atoms with Crippen LogP contribution < -0.4 is 14.8 Å². The lowest BCUT2D eigenvalue weighted by molar-refractivity contribution is -0.116. The van der Waals surface area contributed by atoms with Gasteiger partial charge >= 0.3 is 0 Å².